The Hall–Kier alpha value is -0.410. The Kier molecular flexibility index (Phi) is 2.37. The van der Waals surface area contributed by atoms with E-state index in [2.05, 4.69) is 11.9 Å². The lowest BCUT2D eigenvalue weighted by Gasteiger charge is -2.44. The van der Waals surface area contributed by atoms with Gasteiger partial charge in [0.05, 0.1) is 6.61 Å². The molecular weight excluding hydrogens is 200 g/mol. The average Bonchev–Trinajstić information content (AvgIpc) is 2.93. The first-order chi connectivity index (χ1) is 7.70. The lowest BCUT2D eigenvalue weighted by molar-refractivity contribution is -0.121. The summed E-state index contributed by atoms with van der Waals surface area (Å²) in [5.74, 6) is 0.922. The summed E-state index contributed by atoms with van der Waals surface area (Å²) in [7, 11) is 0. The molecule has 16 heavy (non-hydrogen) atoms. The second kappa shape index (κ2) is 3.54. The summed E-state index contributed by atoms with van der Waals surface area (Å²) >= 11 is 0. The van der Waals surface area contributed by atoms with E-state index in [1.165, 1.54) is 38.5 Å². The molecular formula is C13H22N2O. The van der Waals surface area contributed by atoms with Gasteiger partial charge >= 0.3 is 0 Å². The van der Waals surface area contributed by atoms with Gasteiger partial charge in [-0.15, -0.1) is 0 Å². The second-order valence-corrected chi connectivity index (χ2v) is 5.81. The van der Waals surface area contributed by atoms with E-state index in [1.807, 2.05) is 6.21 Å². The third-order valence-corrected chi connectivity index (χ3v) is 5.06. The van der Waals surface area contributed by atoms with Crippen LogP contribution in [0.15, 0.2) is 4.99 Å². The number of hydrogen-bond donors (Lipinski definition) is 1. The van der Waals surface area contributed by atoms with Gasteiger partial charge in [-0.05, 0) is 43.9 Å². The van der Waals surface area contributed by atoms with Crippen molar-refractivity contribution in [3.63, 3.8) is 0 Å². The molecule has 1 heterocycles. The van der Waals surface area contributed by atoms with E-state index >= 15 is 0 Å². The summed E-state index contributed by atoms with van der Waals surface area (Å²) < 4.78 is 5.78. The van der Waals surface area contributed by atoms with E-state index in [1.54, 1.807) is 0 Å². The minimum absolute atomic E-state index is 0.153. The lowest BCUT2D eigenvalue weighted by Crippen LogP contribution is -2.55. The van der Waals surface area contributed by atoms with Gasteiger partial charge in [0.1, 0.15) is 0 Å². The summed E-state index contributed by atoms with van der Waals surface area (Å²) in [5, 5.41) is 0. The van der Waals surface area contributed by atoms with Crippen LogP contribution in [0.2, 0.25) is 0 Å². The van der Waals surface area contributed by atoms with Gasteiger partial charge in [-0.2, -0.15) is 0 Å². The maximum Gasteiger partial charge on any atom is 0.219 e. The molecule has 0 saturated heterocycles. The van der Waals surface area contributed by atoms with Crippen molar-refractivity contribution in [2.45, 2.75) is 51.3 Å². The van der Waals surface area contributed by atoms with Gasteiger partial charge in [-0.1, -0.05) is 13.3 Å². The molecule has 3 nitrogen and oxygen atoms in total. The van der Waals surface area contributed by atoms with Gasteiger partial charge < -0.3 is 4.74 Å². The molecule has 2 N–H and O–H groups in total. The quantitative estimate of drug-likeness (QED) is 0.796. The fourth-order valence-electron chi connectivity index (χ4n) is 4.39. The number of ether oxygens (including phenoxy) is 1. The monoisotopic (exact) mass is 222 g/mol. The number of aliphatic imine (C=N–C) groups is 1. The van der Waals surface area contributed by atoms with Crippen molar-refractivity contribution in [2.75, 3.05) is 6.61 Å². The first kappa shape index (κ1) is 10.7. The first-order valence-corrected chi connectivity index (χ1v) is 6.67. The minimum atomic E-state index is -0.696. The predicted molar refractivity (Wildman–Crippen MR) is 64.2 cm³/mol. The van der Waals surface area contributed by atoms with Gasteiger partial charge in [-0.25, -0.2) is 4.99 Å². The van der Waals surface area contributed by atoms with Crippen LogP contribution in [0.3, 0.4) is 0 Å². The van der Waals surface area contributed by atoms with Crippen LogP contribution in [0.4, 0.5) is 0 Å². The molecule has 0 aromatic rings. The van der Waals surface area contributed by atoms with E-state index < -0.39 is 5.85 Å². The summed E-state index contributed by atoms with van der Waals surface area (Å²) in [4.78, 5) is 4.48. The molecule has 0 radical (unpaired) electrons. The fraction of sp³-hybridized carbons (Fsp3) is 0.923. The summed E-state index contributed by atoms with van der Waals surface area (Å²) in [5.41, 5.74) is 6.59. The Morgan fingerprint density at radius 1 is 1.56 bits per heavy atom. The number of nitrogens with zero attached hydrogens (tertiary/aromatic N) is 1. The molecule has 3 heteroatoms. The second-order valence-electron chi connectivity index (χ2n) is 5.81. The molecule has 0 spiro atoms. The Labute approximate surface area is 97.4 Å². The number of hydrogen-bond acceptors (Lipinski definition) is 3. The molecule has 2 fully saturated rings. The van der Waals surface area contributed by atoms with Crippen LogP contribution in [-0.4, -0.2) is 18.7 Å². The molecule has 0 aromatic carbocycles. The average molecular weight is 222 g/mol. The highest BCUT2D eigenvalue weighted by atomic mass is 16.5. The zero-order valence-electron chi connectivity index (χ0n) is 10.1. The third-order valence-electron chi connectivity index (χ3n) is 5.06. The van der Waals surface area contributed by atoms with Crippen LogP contribution in [0.1, 0.15) is 45.4 Å². The van der Waals surface area contributed by atoms with Gasteiger partial charge in [-0.3, -0.25) is 5.73 Å². The van der Waals surface area contributed by atoms with Crippen LogP contribution in [-0.2, 0) is 4.74 Å². The van der Waals surface area contributed by atoms with Gasteiger partial charge in [0.2, 0.25) is 5.85 Å². The predicted octanol–water partition coefficient (Wildman–Crippen LogP) is 2.31. The third kappa shape index (κ3) is 1.25. The van der Waals surface area contributed by atoms with Crippen molar-refractivity contribution < 1.29 is 4.74 Å². The molecule has 4 atom stereocenters. The molecule has 3 rings (SSSR count). The highest BCUT2D eigenvalue weighted by molar-refractivity contribution is 5.61. The number of nitrogens with two attached hydrogens (primary N) is 1. The van der Waals surface area contributed by atoms with Crippen molar-refractivity contribution in [3.05, 3.63) is 0 Å². The van der Waals surface area contributed by atoms with Crippen molar-refractivity contribution in [1.29, 1.82) is 0 Å². The zero-order valence-corrected chi connectivity index (χ0v) is 10.1. The van der Waals surface area contributed by atoms with Crippen LogP contribution in [0.25, 0.3) is 0 Å². The Morgan fingerprint density at radius 3 is 3.06 bits per heavy atom. The van der Waals surface area contributed by atoms with E-state index in [0.29, 0.717) is 6.61 Å². The van der Waals surface area contributed by atoms with E-state index in [4.69, 9.17) is 10.5 Å². The first-order valence-electron chi connectivity index (χ1n) is 6.67. The van der Waals surface area contributed by atoms with Gasteiger partial charge in [0, 0.05) is 11.6 Å². The van der Waals surface area contributed by atoms with E-state index in [9.17, 15) is 0 Å². The molecule has 2 aliphatic carbocycles. The Balaban J connectivity index is 1.91. The van der Waals surface area contributed by atoms with Gasteiger partial charge in [0.25, 0.3) is 0 Å². The highest BCUT2D eigenvalue weighted by Gasteiger charge is 2.62. The molecule has 3 aliphatic rings. The van der Waals surface area contributed by atoms with Crippen molar-refractivity contribution >= 4 is 6.21 Å². The lowest BCUT2D eigenvalue weighted by atomic mass is 9.69. The maximum atomic E-state index is 6.44. The smallest absolute Gasteiger partial charge is 0.219 e. The number of rotatable bonds is 3. The highest BCUT2D eigenvalue weighted by Crippen LogP contribution is 2.64. The standard InChI is InChI=1S/C13H22N2O/c1-2-3-11-8-10-4-5-12(11,9-10)13(14)15-6-7-16-13/h6,10-11H,2-5,7-9,14H2,1H3/t10-,11?,12-,13?/m0/s1. The van der Waals surface area contributed by atoms with Crippen molar-refractivity contribution in [2.24, 2.45) is 28.0 Å². The van der Waals surface area contributed by atoms with Gasteiger partial charge in [0.15, 0.2) is 0 Å². The van der Waals surface area contributed by atoms with E-state index in [-0.39, 0.29) is 5.41 Å². The normalized spacial score (nSPS) is 50.4. The van der Waals surface area contributed by atoms with Crippen molar-refractivity contribution in [1.82, 2.24) is 0 Å². The van der Waals surface area contributed by atoms with Crippen LogP contribution in [0.5, 0.6) is 0 Å². The maximum absolute atomic E-state index is 6.44. The summed E-state index contributed by atoms with van der Waals surface area (Å²) in [6.45, 7) is 2.86. The summed E-state index contributed by atoms with van der Waals surface area (Å²) in [6, 6.07) is 0. The van der Waals surface area contributed by atoms with Crippen LogP contribution >= 0.6 is 0 Å². The Morgan fingerprint density at radius 2 is 2.44 bits per heavy atom. The fourth-order valence-corrected chi connectivity index (χ4v) is 4.39. The van der Waals surface area contributed by atoms with Crippen molar-refractivity contribution in [3.8, 4) is 0 Å². The molecule has 2 bridgehead atoms. The molecule has 0 aromatic heterocycles. The molecule has 2 saturated carbocycles. The summed E-state index contributed by atoms with van der Waals surface area (Å²) in [6.07, 6.45) is 9.53. The topological polar surface area (TPSA) is 47.6 Å². The SMILES string of the molecule is CCCC1C[C@@H]2CC[C@]1(C1(N)N=CCO1)C2. The zero-order chi connectivity index (χ0) is 11.2. The van der Waals surface area contributed by atoms with Crippen LogP contribution < -0.4 is 5.73 Å². The van der Waals surface area contributed by atoms with E-state index in [0.717, 1.165) is 11.8 Å². The minimum Gasteiger partial charge on any atom is -0.335 e. The molecule has 0 amide bonds. The Bertz CT molecular complexity index is 317. The molecule has 2 unspecified atom stereocenters. The largest absolute Gasteiger partial charge is 0.335 e. The van der Waals surface area contributed by atoms with Crippen LogP contribution in [0, 0.1) is 17.3 Å². The molecule has 1 aliphatic heterocycles. The number of fused-ring (bicyclic) bond motifs is 2. The molecule has 90 valence electrons.